The molecular formula is C21H30O3. The predicted octanol–water partition coefficient (Wildman–Crippen LogP) is 5.10. The second-order valence-corrected chi connectivity index (χ2v) is 7.05. The summed E-state index contributed by atoms with van der Waals surface area (Å²) in [5.74, 6) is 2.29. The van der Waals surface area contributed by atoms with Gasteiger partial charge in [-0.2, -0.15) is 0 Å². The maximum absolute atomic E-state index is 12.2. The molecule has 2 rings (SSSR count). The molecular weight excluding hydrogens is 300 g/mol. The van der Waals surface area contributed by atoms with Crippen molar-refractivity contribution in [3.63, 3.8) is 0 Å². The van der Waals surface area contributed by atoms with Gasteiger partial charge in [-0.1, -0.05) is 45.7 Å². The molecule has 3 nitrogen and oxygen atoms in total. The van der Waals surface area contributed by atoms with E-state index in [0.717, 1.165) is 30.6 Å². The Hall–Kier alpha value is -1.77. The molecule has 1 aromatic carbocycles. The third-order valence-corrected chi connectivity index (χ3v) is 5.28. The zero-order valence-corrected chi connectivity index (χ0v) is 15.3. The topological polar surface area (TPSA) is 35.5 Å². The second-order valence-electron chi connectivity index (χ2n) is 7.05. The largest absolute Gasteiger partial charge is 0.497 e. The van der Waals surface area contributed by atoms with E-state index < -0.39 is 0 Å². The number of carbonyl (C=O) groups is 1. The molecule has 4 unspecified atom stereocenters. The van der Waals surface area contributed by atoms with E-state index in [2.05, 4.69) is 20.8 Å². The number of methoxy groups -OCH3 is 1. The van der Waals surface area contributed by atoms with Crippen molar-refractivity contribution in [1.82, 2.24) is 0 Å². The minimum absolute atomic E-state index is 0.0525. The normalized spacial score (nSPS) is 25.4. The highest BCUT2D eigenvalue weighted by atomic mass is 16.5. The molecule has 0 aliphatic heterocycles. The predicted molar refractivity (Wildman–Crippen MR) is 97.9 cm³/mol. The lowest BCUT2D eigenvalue weighted by molar-refractivity contribution is -0.149. The van der Waals surface area contributed by atoms with Crippen LogP contribution in [0, 0.1) is 17.8 Å². The van der Waals surface area contributed by atoms with Gasteiger partial charge in [0.15, 0.2) is 0 Å². The van der Waals surface area contributed by atoms with Crippen LogP contribution in [-0.4, -0.2) is 19.2 Å². The van der Waals surface area contributed by atoms with E-state index in [0.29, 0.717) is 17.8 Å². The van der Waals surface area contributed by atoms with Crippen LogP contribution in [0.15, 0.2) is 30.3 Å². The summed E-state index contributed by atoms with van der Waals surface area (Å²) in [6.07, 6.45) is 7.91. The summed E-state index contributed by atoms with van der Waals surface area (Å²) in [7, 11) is 1.64. The molecule has 1 aromatic rings. The van der Waals surface area contributed by atoms with Crippen molar-refractivity contribution in [2.45, 2.75) is 52.6 Å². The van der Waals surface area contributed by atoms with Crippen LogP contribution in [0.2, 0.25) is 0 Å². The highest BCUT2D eigenvalue weighted by Gasteiger charge is 2.33. The fourth-order valence-corrected chi connectivity index (χ4v) is 3.51. The first-order valence-corrected chi connectivity index (χ1v) is 9.06. The molecule has 132 valence electrons. The Labute approximate surface area is 146 Å². The van der Waals surface area contributed by atoms with Crippen LogP contribution < -0.4 is 4.74 Å². The number of rotatable bonds is 6. The Bertz CT molecular complexity index is 547. The first-order chi connectivity index (χ1) is 11.5. The molecule has 0 N–H and O–H groups in total. The van der Waals surface area contributed by atoms with Gasteiger partial charge in [0.05, 0.1) is 7.11 Å². The van der Waals surface area contributed by atoms with Crippen molar-refractivity contribution in [3.8, 4) is 5.75 Å². The number of carbonyl (C=O) groups excluding carboxylic acids is 1. The molecule has 1 aliphatic rings. The van der Waals surface area contributed by atoms with E-state index in [-0.39, 0.29) is 12.1 Å². The summed E-state index contributed by atoms with van der Waals surface area (Å²) in [5, 5.41) is 0. The summed E-state index contributed by atoms with van der Waals surface area (Å²) in [6.45, 7) is 6.74. The number of hydrogen-bond acceptors (Lipinski definition) is 3. The molecule has 0 aromatic heterocycles. The zero-order valence-electron chi connectivity index (χ0n) is 15.3. The highest BCUT2D eigenvalue weighted by Crippen LogP contribution is 2.36. The summed E-state index contributed by atoms with van der Waals surface area (Å²) < 4.78 is 10.9. The Kier molecular flexibility index (Phi) is 6.89. The Morgan fingerprint density at radius 2 is 2.00 bits per heavy atom. The quantitative estimate of drug-likeness (QED) is 0.537. The summed E-state index contributed by atoms with van der Waals surface area (Å²) >= 11 is 0. The van der Waals surface area contributed by atoms with Gasteiger partial charge in [0.2, 0.25) is 0 Å². The number of ether oxygens (including phenoxy) is 2. The monoisotopic (exact) mass is 330 g/mol. The average molecular weight is 330 g/mol. The van der Waals surface area contributed by atoms with Crippen molar-refractivity contribution in [3.05, 3.63) is 35.9 Å². The molecule has 0 radical (unpaired) electrons. The molecule has 1 fully saturated rings. The molecule has 0 heterocycles. The van der Waals surface area contributed by atoms with E-state index in [1.807, 2.05) is 24.3 Å². The summed E-state index contributed by atoms with van der Waals surface area (Å²) in [6, 6.07) is 7.61. The molecule has 0 spiro atoms. The van der Waals surface area contributed by atoms with E-state index in [1.54, 1.807) is 13.2 Å². The van der Waals surface area contributed by atoms with Gasteiger partial charge in [-0.15, -0.1) is 0 Å². The molecule has 0 amide bonds. The molecule has 24 heavy (non-hydrogen) atoms. The SMILES string of the molecule is CCC(C)C1CCC(C)CC1OC(=O)C=Cc1ccc(OC)cc1. The molecule has 4 atom stereocenters. The first-order valence-electron chi connectivity index (χ1n) is 9.06. The maximum Gasteiger partial charge on any atom is 0.331 e. The van der Waals surface area contributed by atoms with Crippen molar-refractivity contribution in [2.24, 2.45) is 17.8 Å². The second kappa shape index (κ2) is 8.91. The highest BCUT2D eigenvalue weighted by molar-refractivity contribution is 5.87. The number of benzene rings is 1. The summed E-state index contributed by atoms with van der Waals surface area (Å²) in [4.78, 5) is 12.2. The average Bonchev–Trinajstić information content (AvgIpc) is 2.60. The minimum Gasteiger partial charge on any atom is -0.497 e. The molecule has 0 saturated heterocycles. The lowest BCUT2D eigenvalue weighted by Crippen LogP contribution is -2.36. The van der Waals surface area contributed by atoms with Crippen LogP contribution in [0.4, 0.5) is 0 Å². The van der Waals surface area contributed by atoms with Gasteiger partial charge in [0.25, 0.3) is 0 Å². The van der Waals surface area contributed by atoms with Gasteiger partial charge in [-0.05, 0) is 54.4 Å². The Balaban J connectivity index is 1.96. The standard InChI is InChI=1S/C21H30O3/c1-5-16(3)19-12-6-15(2)14-20(19)24-21(22)13-9-17-7-10-18(23-4)11-8-17/h7-11,13,15-16,19-20H,5-6,12,14H2,1-4H3. The fraction of sp³-hybridized carbons (Fsp3) is 0.571. The van der Waals surface area contributed by atoms with Gasteiger partial charge >= 0.3 is 5.97 Å². The van der Waals surface area contributed by atoms with Gasteiger partial charge in [0.1, 0.15) is 11.9 Å². The van der Waals surface area contributed by atoms with E-state index in [4.69, 9.17) is 9.47 Å². The van der Waals surface area contributed by atoms with E-state index in [9.17, 15) is 4.79 Å². The third kappa shape index (κ3) is 5.12. The Morgan fingerprint density at radius 3 is 2.62 bits per heavy atom. The van der Waals surface area contributed by atoms with Crippen LogP contribution in [0.5, 0.6) is 5.75 Å². The lowest BCUT2D eigenvalue weighted by Gasteiger charge is -2.37. The number of esters is 1. The maximum atomic E-state index is 12.2. The van der Waals surface area contributed by atoms with Crippen LogP contribution in [-0.2, 0) is 9.53 Å². The zero-order chi connectivity index (χ0) is 17.5. The van der Waals surface area contributed by atoms with Crippen molar-refractivity contribution in [1.29, 1.82) is 0 Å². The third-order valence-electron chi connectivity index (χ3n) is 5.28. The molecule has 0 bridgehead atoms. The van der Waals surface area contributed by atoms with Gasteiger partial charge in [-0.25, -0.2) is 4.79 Å². The Morgan fingerprint density at radius 1 is 1.29 bits per heavy atom. The minimum atomic E-state index is -0.238. The summed E-state index contributed by atoms with van der Waals surface area (Å²) in [5.41, 5.74) is 0.961. The van der Waals surface area contributed by atoms with E-state index >= 15 is 0 Å². The first kappa shape index (κ1) is 18.6. The molecule has 1 aliphatic carbocycles. The van der Waals surface area contributed by atoms with Crippen LogP contribution in [0.1, 0.15) is 52.0 Å². The number of hydrogen-bond donors (Lipinski definition) is 0. The lowest BCUT2D eigenvalue weighted by atomic mass is 9.74. The van der Waals surface area contributed by atoms with Gasteiger partial charge in [-0.3, -0.25) is 0 Å². The van der Waals surface area contributed by atoms with Crippen molar-refractivity contribution >= 4 is 12.0 Å². The molecule has 3 heteroatoms. The van der Waals surface area contributed by atoms with Crippen molar-refractivity contribution < 1.29 is 14.3 Å². The molecule has 1 saturated carbocycles. The van der Waals surface area contributed by atoms with Crippen LogP contribution in [0.25, 0.3) is 6.08 Å². The van der Waals surface area contributed by atoms with Crippen molar-refractivity contribution in [2.75, 3.05) is 7.11 Å². The van der Waals surface area contributed by atoms with Crippen LogP contribution >= 0.6 is 0 Å². The van der Waals surface area contributed by atoms with E-state index in [1.165, 1.54) is 12.5 Å². The van der Waals surface area contributed by atoms with Gasteiger partial charge < -0.3 is 9.47 Å². The van der Waals surface area contributed by atoms with Gasteiger partial charge in [0, 0.05) is 6.08 Å². The van der Waals surface area contributed by atoms with Crippen LogP contribution in [0.3, 0.4) is 0 Å². The fourth-order valence-electron chi connectivity index (χ4n) is 3.51. The smallest absolute Gasteiger partial charge is 0.331 e.